The first-order valence-corrected chi connectivity index (χ1v) is 7.03. The normalized spacial score (nSPS) is 21.7. The van der Waals surface area contributed by atoms with Crippen LogP contribution < -0.4 is 5.73 Å². The molecule has 3 heteroatoms. The summed E-state index contributed by atoms with van der Waals surface area (Å²) in [5.41, 5.74) is 8.39. The molecule has 2 N–H and O–H groups in total. The van der Waals surface area contributed by atoms with Gasteiger partial charge in [0.1, 0.15) is 0 Å². The van der Waals surface area contributed by atoms with E-state index in [-0.39, 0.29) is 17.5 Å². The molecular formula is C16H24N2O. The van der Waals surface area contributed by atoms with Crippen molar-refractivity contribution < 1.29 is 4.79 Å². The Labute approximate surface area is 115 Å². The predicted octanol–water partition coefficient (Wildman–Crippen LogP) is 2.27. The Morgan fingerprint density at radius 3 is 2.68 bits per heavy atom. The molecule has 1 saturated heterocycles. The zero-order chi connectivity index (χ0) is 14.0. The Hall–Kier alpha value is -1.35. The minimum Gasteiger partial charge on any atom is -0.336 e. The van der Waals surface area contributed by atoms with Gasteiger partial charge in [0.05, 0.1) is 5.54 Å². The number of nitrogens with zero attached hydrogens (tertiary/aromatic N) is 1. The van der Waals surface area contributed by atoms with Crippen molar-refractivity contribution in [2.24, 2.45) is 5.73 Å². The minimum atomic E-state index is -0.206. The molecule has 2 rings (SSSR count). The van der Waals surface area contributed by atoms with Crippen molar-refractivity contribution in [3.8, 4) is 0 Å². The van der Waals surface area contributed by atoms with Crippen molar-refractivity contribution in [3.63, 3.8) is 0 Å². The van der Waals surface area contributed by atoms with Gasteiger partial charge >= 0.3 is 0 Å². The minimum absolute atomic E-state index is 0.0925. The highest BCUT2D eigenvalue weighted by molar-refractivity contribution is 5.77. The third kappa shape index (κ3) is 2.81. The smallest absolute Gasteiger partial charge is 0.223 e. The van der Waals surface area contributed by atoms with Crippen molar-refractivity contribution in [3.05, 3.63) is 35.4 Å². The van der Waals surface area contributed by atoms with Gasteiger partial charge < -0.3 is 10.6 Å². The number of nitrogens with two attached hydrogens (primary N) is 1. The van der Waals surface area contributed by atoms with Crippen LogP contribution in [0.2, 0.25) is 0 Å². The molecule has 3 nitrogen and oxygen atoms in total. The monoisotopic (exact) mass is 260 g/mol. The fourth-order valence-electron chi connectivity index (χ4n) is 2.82. The lowest BCUT2D eigenvalue weighted by Crippen LogP contribution is -2.51. The van der Waals surface area contributed by atoms with Crippen LogP contribution in [-0.4, -0.2) is 28.9 Å². The lowest BCUT2D eigenvalue weighted by atomic mass is 9.96. The number of carbonyl (C=O) groups excluding carboxylic acids is 1. The molecule has 0 bridgehead atoms. The van der Waals surface area contributed by atoms with E-state index in [4.69, 9.17) is 5.73 Å². The number of aryl methyl sites for hydroxylation is 2. The Balaban J connectivity index is 1.98. The summed E-state index contributed by atoms with van der Waals surface area (Å²) in [6.07, 6.45) is 2.29. The largest absolute Gasteiger partial charge is 0.336 e. The maximum atomic E-state index is 12.4. The van der Waals surface area contributed by atoms with Crippen molar-refractivity contribution in [1.29, 1.82) is 0 Å². The summed E-state index contributed by atoms with van der Waals surface area (Å²) in [5, 5.41) is 0. The molecule has 1 fully saturated rings. The number of hydrogen-bond donors (Lipinski definition) is 1. The zero-order valence-corrected chi connectivity index (χ0v) is 12.1. The van der Waals surface area contributed by atoms with Gasteiger partial charge in [0.15, 0.2) is 0 Å². The molecule has 0 saturated carbocycles. The highest BCUT2D eigenvalue weighted by atomic mass is 16.2. The van der Waals surface area contributed by atoms with Crippen LogP contribution in [0.3, 0.4) is 0 Å². The van der Waals surface area contributed by atoms with Gasteiger partial charge in [-0.15, -0.1) is 0 Å². The van der Waals surface area contributed by atoms with E-state index in [1.165, 1.54) is 11.1 Å². The molecule has 0 aromatic heterocycles. The summed E-state index contributed by atoms with van der Waals surface area (Å²) in [7, 11) is 0. The van der Waals surface area contributed by atoms with Gasteiger partial charge in [0.2, 0.25) is 5.91 Å². The zero-order valence-electron chi connectivity index (χ0n) is 12.1. The first-order valence-electron chi connectivity index (χ1n) is 7.03. The van der Waals surface area contributed by atoms with Crippen LogP contribution in [0.1, 0.15) is 37.8 Å². The number of hydrogen-bond acceptors (Lipinski definition) is 2. The molecule has 1 atom stereocenters. The molecule has 0 aliphatic carbocycles. The van der Waals surface area contributed by atoms with E-state index < -0.39 is 0 Å². The average molecular weight is 260 g/mol. The molecule has 1 aliphatic heterocycles. The number of amides is 1. The molecule has 1 unspecified atom stereocenters. The summed E-state index contributed by atoms with van der Waals surface area (Å²) in [5.74, 6) is 0.223. The van der Waals surface area contributed by atoms with Gasteiger partial charge in [0, 0.05) is 19.0 Å². The van der Waals surface area contributed by atoms with E-state index in [1.807, 2.05) is 17.0 Å². The van der Waals surface area contributed by atoms with Gasteiger partial charge in [-0.05, 0) is 44.7 Å². The third-order valence-corrected chi connectivity index (χ3v) is 4.44. The third-order valence-electron chi connectivity index (χ3n) is 4.44. The molecule has 104 valence electrons. The summed E-state index contributed by atoms with van der Waals surface area (Å²) in [6.45, 7) is 7.02. The van der Waals surface area contributed by atoms with Crippen LogP contribution in [0.4, 0.5) is 0 Å². The lowest BCUT2D eigenvalue weighted by molar-refractivity contribution is -0.134. The number of rotatable bonds is 3. The highest BCUT2D eigenvalue weighted by Crippen LogP contribution is 2.28. The fraction of sp³-hybridized carbons (Fsp3) is 0.562. The first-order chi connectivity index (χ1) is 8.93. The van der Waals surface area contributed by atoms with Crippen LogP contribution >= 0.6 is 0 Å². The number of likely N-dealkylation sites (tertiary alicyclic amines) is 1. The summed E-state index contributed by atoms with van der Waals surface area (Å²) in [4.78, 5) is 14.3. The Bertz CT molecular complexity index is 468. The summed E-state index contributed by atoms with van der Waals surface area (Å²) in [6, 6.07) is 8.35. The molecule has 1 aromatic carbocycles. The second-order valence-corrected chi connectivity index (χ2v) is 6.02. The van der Waals surface area contributed by atoms with Crippen LogP contribution in [0.15, 0.2) is 24.3 Å². The Morgan fingerprint density at radius 1 is 1.42 bits per heavy atom. The molecule has 1 heterocycles. The van der Waals surface area contributed by atoms with Gasteiger partial charge in [0.25, 0.3) is 0 Å². The van der Waals surface area contributed by atoms with Crippen LogP contribution in [0.5, 0.6) is 0 Å². The van der Waals surface area contributed by atoms with Gasteiger partial charge in [-0.2, -0.15) is 0 Å². The quantitative estimate of drug-likeness (QED) is 0.906. The summed E-state index contributed by atoms with van der Waals surface area (Å²) < 4.78 is 0. The van der Waals surface area contributed by atoms with E-state index >= 15 is 0 Å². The second kappa shape index (κ2) is 5.33. The predicted molar refractivity (Wildman–Crippen MR) is 77.9 cm³/mol. The molecular weight excluding hydrogens is 236 g/mol. The highest BCUT2D eigenvalue weighted by Gasteiger charge is 2.41. The number of benzene rings is 1. The Kier molecular flexibility index (Phi) is 3.95. The van der Waals surface area contributed by atoms with E-state index in [9.17, 15) is 4.79 Å². The van der Waals surface area contributed by atoms with E-state index in [0.29, 0.717) is 6.42 Å². The van der Waals surface area contributed by atoms with Crippen molar-refractivity contribution >= 4 is 5.91 Å². The molecule has 1 amide bonds. The molecule has 0 spiro atoms. The van der Waals surface area contributed by atoms with Gasteiger partial charge in [-0.25, -0.2) is 0 Å². The van der Waals surface area contributed by atoms with Gasteiger partial charge in [-0.1, -0.05) is 24.3 Å². The van der Waals surface area contributed by atoms with Crippen molar-refractivity contribution in [2.75, 3.05) is 6.54 Å². The maximum Gasteiger partial charge on any atom is 0.223 e. The Morgan fingerprint density at radius 2 is 2.11 bits per heavy atom. The maximum absolute atomic E-state index is 12.4. The molecule has 1 aliphatic rings. The molecule has 0 radical (unpaired) electrons. The van der Waals surface area contributed by atoms with Crippen molar-refractivity contribution in [2.45, 2.75) is 51.6 Å². The molecule has 19 heavy (non-hydrogen) atoms. The SMILES string of the molecule is Cc1ccccc1CCC(=O)N1CCC(N)C1(C)C. The average Bonchev–Trinajstić information content (AvgIpc) is 2.63. The topological polar surface area (TPSA) is 46.3 Å². The van der Waals surface area contributed by atoms with Crippen molar-refractivity contribution in [1.82, 2.24) is 4.90 Å². The second-order valence-electron chi connectivity index (χ2n) is 6.02. The summed E-state index contributed by atoms with van der Waals surface area (Å²) >= 11 is 0. The first kappa shape index (κ1) is 14.1. The van der Waals surface area contributed by atoms with E-state index in [1.54, 1.807) is 0 Å². The van der Waals surface area contributed by atoms with E-state index in [2.05, 4.69) is 32.9 Å². The lowest BCUT2D eigenvalue weighted by Gasteiger charge is -2.34. The molecule has 1 aromatic rings. The van der Waals surface area contributed by atoms with Crippen LogP contribution in [-0.2, 0) is 11.2 Å². The van der Waals surface area contributed by atoms with Gasteiger partial charge in [-0.3, -0.25) is 4.79 Å². The van der Waals surface area contributed by atoms with E-state index in [0.717, 1.165) is 19.4 Å². The fourth-order valence-corrected chi connectivity index (χ4v) is 2.82. The standard InChI is InChI=1S/C16H24N2O/c1-12-6-4-5-7-13(12)8-9-15(19)18-11-10-14(17)16(18,2)3/h4-7,14H,8-11,17H2,1-3H3. The van der Waals surface area contributed by atoms with Crippen LogP contribution in [0, 0.1) is 6.92 Å². The number of carbonyl (C=O) groups is 1. The van der Waals surface area contributed by atoms with Crippen LogP contribution in [0.25, 0.3) is 0 Å².